The Morgan fingerprint density at radius 3 is 2.19 bits per heavy atom. The van der Waals surface area contributed by atoms with Crippen LogP contribution in [0.25, 0.3) is 0 Å². The van der Waals surface area contributed by atoms with Crippen LogP contribution >= 0.6 is 0 Å². The summed E-state index contributed by atoms with van der Waals surface area (Å²) < 4.78 is 28.2. The van der Waals surface area contributed by atoms with Crippen molar-refractivity contribution in [2.45, 2.75) is 37.6 Å². The van der Waals surface area contributed by atoms with Gasteiger partial charge in [0.1, 0.15) is 0 Å². The van der Waals surface area contributed by atoms with Crippen molar-refractivity contribution >= 4 is 0 Å². The number of rotatable bonds is 3. The zero-order valence-electron chi connectivity index (χ0n) is 15.1. The van der Waals surface area contributed by atoms with Crippen LogP contribution in [0.1, 0.15) is 40.8 Å². The van der Waals surface area contributed by atoms with Crippen molar-refractivity contribution in [3.63, 3.8) is 0 Å². The van der Waals surface area contributed by atoms with E-state index in [1.807, 2.05) is 0 Å². The molecule has 2 bridgehead atoms. The molecule has 0 aliphatic carbocycles. The number of fused-ring (bicyclic) bond motifs is 8. The van der Waals surface area contributed by atoms with Gasteiger partial charge in [-0.05, 0) is 59.4 Å². The highest BCUT2D eigenvalue weighted by atomic mass is 16.7. The van der Waals surface area contributed by atoms with Crippen molar-refractivity contribution in [1.29, 1.82) is 0 Å². The molecule has 0 radical (unpaired) electrons. The Labute approximate surface area is 157 Å². The molecule has 4 aliphatic heterocycles. The fraction of sp³-hybridized carbons (Fsp3) is 0.429. The largest absolute Gasteiger partial charge is 0.454 e. The van der Waals surface area contributed by atoms with E-state index >= 15 is 0 Å². The second kappa shape index (κ2) is 5.78. The highest BCUT2D eigenvalue weighted by Crippen LogP contribution is 2.48. The zero-order chi connectivity index (χ0) is 18.0. The summed E-state index contributed by atoms with van der Waals surface area (Å²) in [4.78, 5) is 0. The second-order valence-corrected chi connectivity index (χ2v) is 7.53. The van der Waals surface area contributed by atoms with Crippen LogP contribution in [0, 0.1) is 0 Å². The van der Waals surface area contributed by atoms with Crippen molar-refractivity contribution in [2.75, 3.05) is 20.5 Å². The molecule has 27 heavy (non-hydrogen) atoms. The summed E-state index contributed by atoms with van der Waals surface area (Å²) in [5.41, 5.74) is 5.30. The topological polar surface area (TPSA) is 58.2 Å². The van der Waals surface area contributed by atoms with E-state index in [1.54, 1.807) is 7.11 Å². The predicted molar refractivity (Wildman–Crippen MR) is 96.6 cm³/mol. The van der Waals surface area contributed by atoms with Crippen LogP contribution < -0.4 is 24.3 Å². The molecular formula is C21H21NO5. The fourth-order valence-electron chi connectivity index (χ4n) is 4.64. The summed E-state index contributed by atoms with van der Waals surface area (Å²) in [6.07, 6.45) is 2.32. The lowest BCUT2D eigenvalue weighted by atomic mass is 9.78. The molecule has 4 heterocycles. The van der Waals surface area contributed by atoms with Gasteiger partial charge in [-0.2, -0.15) is 0 Å². The lowest BCUT2D eigenvalue weighted by Gasteiger charge is -2.39. The molecule has 2 aromatic carbocycles. The van der Waals surface area contributed by atoms with E-state index in [4.69, 9.17) is 23.7 Å². The maximum Gasteiger partial charge on any atom is 0.243 e. The average molecular weight is 367 g/mol. The minimum Gasteiger partial charge on any atom is -0.454 e. The Balaban J connectivity index is 1.33. The van der Waals surface area contributed by atoms with E-state index < -0.39 is 0 Å². The first-order chi connectivity index (χ1) is 13.3. The van der Waals surface area contributed by atoms with Crippen molar-refractivity contribution in [2.24, 2.45) is 0 Å². The molecule has 0 saturated heterocycles. The van der Waals surface area contributed by atoms with Crippen molar-refractivity contribution in [3.8, 4) is 23.0 Å². The first kappa shape index (κ1) is 15.6. The van der Waals surface area contributed by atoms with Gasteiger partial charge in [0, 0.05) is 25.6 Å². The standard InChI is InChI=1S/C21H21NO5/c1-23-3-2-21-26-19-7-12-5-15-13-8-18-17(24-10-25-18)6-11(13)4-16(22-15)14(12)9-20(19)27-21/h6-9,15-16,21-22H,2-5,10H2,1H3. The molecule has 6 rings (SSSR count). The summed E-state index contributed by atoms with van der Waals surface area (Å²) >= 11 is 0. The number of hydrogen-bond donors (Lipinski definition) is 1. The van der Waals surface area contributed by atoms with E-state index in [9.17, 15) is 0 Å². The molecule has 0 aromatic heterocycles. The minimum absolute atomic E-state index is 0.259. The number of hydrogen-bond acceptors (Lipinski definition) is 6. The summed E-state index contributed by atoms with van der Waals surface area (Å²) in [5, 5.41) is 3.78. The number of benzene rings is 2. The van der Waals surface area contributed by atoms with E-state index in [2.05, 4.69) is 29.6 Å². The predicted octanol–water partition coefficient (Wildman–Crippen LogP) is 3.03. The van der Waals surface area contributed by atoms with Crippen molar-refractivity contribution in [3.05, 3.63) is 46.5 Å². The molecule has 6 heteroatoms. The molecule has 3 unspecified atom stereocenters. The lowest BCUT2D eigenvalue weighted by molar-refractivity contribution is 0.0195. The van der Waals surface area contributed by atoms with Gasteiger partial charge in [0.2, 0.25) is 13.1 Å². The van der Waals surface area contributed by atoms with Crippen LogP contribution in [0.5, 0.6) is 23.0 Å². The summed E-state index contributed by atoms with van der Waals surface area (Å²) in [6.45, 7) is 0.931. The Morgan fingerprint density at radius 1 is 0.889 bits per heavy atom. The van der Waals surface area contributed by atoms with Gasteiger partial charge in [-0.3, -0.25) is 0 Å². The van der Waals surface area contributed by atoms with Gasteiger partial charge in [-0.15, -0.1) is 0 Å². The Kier molecular flexibility index (Phi) is 3.34. The van der Waals surface area contributed by atoms with Crippen LogP contribution in [0.2, 0.25) is 0 Å². The first-order valence-electron chi connectivity index (χ1n) is 9.46. The molecule has 140 valence electrons. The molecule has 0 amide bonds. The molecule has 0 fully saturated rings. The monoisotopic (exact) mass is 367 g/mol. The van der Waals surface area contributed by atoms with Gasteiger partial charge in [-0.1, -0.05) is 0 Å². The molecule has 1 N–H and O–H groups in total. The Bertz CT molecular complexity index is 927. The van der Waals surface area contributed by atoms with Gasteiger partial charge in [0.05, 0.1) is 6.61 Å². The Morgan fingerprint density at radius 2 is 1.48 bits per heavy atom. The molecule has 0 saturated carbocycles. The molecular weight excluding hydrogens is 346 g/mol. The normalized spacial score (nSPS) is 25.9. The van der Waals surface area contributed by atoms with Crippen LogP contribution in [-0.4, -0.2) is 26.8 Å². The lowest BCUT2D eigenvalue weighted by Crippen LogP contribution is -2.38. The summed E-state index contributed by atoms with van der Waals surface area (Å²) in [7, 11) is 1.69. The average Bonchev–Trinajstić information content (AvgIpc) is 3.29. The van der Waals surface area contributed by atoms with Crippen molar-refractivity contribution < 1.29 is 23.7 Å². The van der Waals surface area contributed by atoms with Gasteiger partial charge in [0.15, 0.2) is 23.0 Å². The van der Waals surface area contributed by atoms with Crippen molar-refractivity contribution in [1.82, 2.24) is 5.32 Å². The fourth-order valence-corrected chi connectivity index (χ4v) is 4.64. The maximum atomic E-state index is 5.98. The van der Waals surface area contributed by atoms with E-state index in [1.165, 1.54) is 22.3 Å². The van der Waals surface area contributed by atoms with Gasteiger partial charge in [0.25, 0.3) is 0 Å². The zero-order valence-corrected chi connectivity index (χ0v) is 15.1. The minimum atomic E-state index is -0.259. The van der Waals surface area contributed by atoms with Crippen LogP contribution in [0.3, 0.4) is 0 Å². The van der Waals surface area contributed by atoms with Gasteiger partial charge >= 0.3 is 0 Å². The van der Waals surface area contributed by atoms with E-state index in [0.717, 1.165) is 42.3 Å². The SMILES string of the molecule is COCCC1Oc2cc3c(cc2O1)C1Cc2cc4c(cc2C(C3)N1)OCO4. The number of methoxy groups -OCH3 is 1. The quantitative estimate of drug-likeness (QED) is 0.900. The molecule has 3 atom stereocenters. The van der Waals surface area contributed by atoms with E-state index in [-0.39, 0.29) is 18.4 Å². The first-order valence-corrected chi connectivity index (χ1v) is 9.46. The molecule has 6 nitrogen and oxygen atoms in total. The van der Waals surface area contributed by atoms with E-state index in [0.29, 0.717) is 13.4 Å². The van der Waals surface area contributed by atoms with Crippen LogP contribution in [0.4, 0.5) is 0 Å². The maximum absolute atomic E-state index is 5.98. The third-order valence-corrected chi connectivity index (χ3v) is 5.92. The Hall–Kier alpha value is -2.44. The van der Waals surface area contributed by atoms with Crippen LogP contribution in [-0.2, 0) is 17.6 Å². The number of ether oxygens (including phenoxy) is 5. The smallest absolute Gasteiger partial charge is 0.243 e. The third kappa shape index (κ3) is 2.40. The molecule has 4 aliphatic rings. The number of nitrogens with one attached hydrogen (secondary N) is 1. The highest BCUT2D eigenvalue weighted by molar-refractivity contribution is 5.56. The highest BCUT2D eigenvalue weighted by Gasteiger charge is 2.37. The van der Waals surface area contributed by atoms with Crippen LogP contribution in [0.15, 0.2) is 24.3 Å². The molecule has 0 spiro atoms. The second-order valence-electron chi connectivity index (χ2n) is 7.53. The van der Waals surface area contributed by atoms with Gasteiger partial charge < -0.3 is 29.0 Å². The third-order valence-electron chi connectivity index (χ3n) is 5.92. The molecule has 2 aromatic rings. The summed E-state index contributed by atoms with van der Waals surface area (Å²) in [6, 6.07) is 9.17. The van der Waals surface area contributed by atoms with Gasteiger partial charge in [-0.25, -0.2) is 0 Å². The summed E-state index contributed by atoms with van der Waals surface area (Å²) in [5.74, 6) is 3.40.